The molecule has 0 aliphatic carbocycles. The Morgan fingerprint density at radius 2 is 2.25 bits per heavy atom. The Morgan fingerprint density at radius 3 is 2.94 bits per heavy atom. The zero-order chi connectivity index (χ0) is 11.8. The highest BCUT2D eigenvalue weighted by molar-refractivity contribution is 5.85. The van der Waals surface area contributed by atoms with Crippen LogP contribution in [0.3, 0.4) is 0 Å². The first kappa shape index (κ1) is 12.7. The lowest BCUT2D eigenvalue weighted by molar-refractivity contribution is 0.0657. The van der Waals surface area contributed by atoms with E-state index in [1.807, 2.05) is 0 Å². The molecule has 0 bridgehead atoms. The molecule has 1 heterocycles. The summed E-state index contributed by atoms with van der Waals surface area (Å²) in [6.07, 6.45) is 2.55. The molecule has 0 unspecified atom stereocenters. The lowest BCUT2D eigenvalue weighted by Gasteiger charge is -2.06. The van der Waals surface area contributed by atoms with E-state index >= 15 is 0 Å². The van der Waals surface area contributed by atoms with Gasteiger partial charge in [0.15, 0.2) is 0 Å². The maximum atomic E-state index is 10.8. The third kappa shape index (κ3) is 4.04. The van der Waals surface area contributed by atoms with E-state index in [1.54, 1.807) is 30.0 Å². The van der Waals surface area contributed by atoms with Crippen LogP contribution in [0, 0.1) is 0 Å². The third-order valence-electron chi connectivity index (χ3n) is 2.17. The van der Waals surface area contributed by atoms with Gasteiger partial charge < -0.3 is 19.1 Å². The topological polar surface area (TPSA) is 60.7 Å². The van der Waals surface area contributed by atoms with E-state index in [4.69, 9.17) is 14.6 Å². The quantitative estimate of drug-likeness (QED) is 0.679. The predicted molar refractivity (Wildman–Crippen MR) is 58.7 cm³/mol. The smallest absolute Gasteiger partial charge is 0.352 e. The van der Waals surface area contributed by atoms with Crippen LogP contribution in [0.25, 0.3) is 0 Å². The summed E-state index contributed by atoms with van der Waals surface area (Å²) in [7, 11) is 1.63. The fraction of sp³-hybridized carbons (Fsp3) is 0.545. The fourth-order valence-electron chi connectivity index (χ4n) is 1.38. The summed E-state index contributed by atoms with van der Waals surface area (Å²) in [5, 5.41) is 8.86. The van der Waals surface area contributed by atoms with Crippen molar-refractivity contribution < 1.29 is 19.4 Å². The molecule has 16 heavy (non-hydrogen) atoms. The van der Waals surface area contributed by atoms with Crippen LogP contribution in [-0.2, 0) is 16.0 Å². The first-order valence-corrected chi connectivity index (χ1v) is 5.21. The molecule has 0 fully saturated rings. The molecule has 1 aromatic rings. The molecule has 0 amide bonds. The number of rotatable bonds is 8. The van der Waals surface area contributed by atoms with E-state index in [0.29, 0.717) is 32.1 Å². The normalized spacial score (nSPS) is 10.6. The average molecular weight is 227 g/mol. The number of carbonyl (C=O) groups is 1. The third-order valence-corrected chi connectivity index (χ3v) is 2.17. The van der Waals surface area contributed by atoms with Crippen LogP contribution in [0.2, 0.25) is 0 Å². The van der Waals surface area contributed by atoms with Crippen molar-refractivity contribution in [1.29, 1.82) is 0 Å². The summed E-state index contributed by atoms with van der Waals surface area (Å²) < 4.78 is 11.8. The van der Waals surface area contributed by atoms with E-state index in [-0.39, 0.29) is 0 Å². The number of hydrogen-bond donors (Lipinski definition) is 1. The predicted octanol–water partition coefficient (Wildman–Crippen LogP) is 1.24. The first-order valence-electron chi connectivity index (χ1n) is 5.21. The van der Waals surface area contributed by atoms with Crippen LogP contribution in [-0.4, -0.2) is 42.6 Å². The van der Waals surface area contributed by atoms with Gasteiger partial charge in [0.25, 0.3) is 0 Å². The lowest BCUT2D eigenvalue weighted by atomic mass is 10.4. The van der Waals surface area contributed by atoms with Crippen molar-refractivity contribution in [2.75, 3.05) is 26.9 Å². The Kier molecular flexibility index (Phi) is 5.60. The number of carboxylic acid groups (broad SMARTS) is 1. The number of aromatic carboxylic acids is 1. The fourth-order valence-corrected chi connectivity index (χ4v) is 1.38. The van der Waals surface area contributed by atoms with E-state index in [2.05, 4.69) is 0 Å². The maximum Gasteiger partial charge on any atom is 0.352 e. The maximum absolute atomic E-state index is 10.8. The van der Waals surface area contributed by atoms with Gasteiger partial charge in [-0.25, -0.2) is 4.79 Å². The Labute approximate surface area is 94.6 Å². The van der Waals surface area contributed by atoms with Crippen LogP contribution >= 0.6 is 0 Å². The molecule has 5 heteroatoms. The van der Waals surface area contributed by atoms with Gasteiger partial charge in [0, 0.05) is 26.5 Å². The molecule has 1 rings (SSSR count). The molecule has 0 radical (unpaired) electrons. The van der Waals surface area contributed by atoms with E-state index < -0.39 is 5.97 Å². The van der Waals surface area contributed by atoms with Crippen molar-refractivity contribution in [2.24, 2.45) is 0 Å². The molecule has 0 aliphatic rings. The zero-order valence-corrected chi connectivity index (χ0v) is 9.39. The zero-order valence-electron chi connectivity index (χ0n) is 9.39. The Bertz CT molecular complexity index is 322. The molecule has 0 atom stereocenters. The van der Waals surface area contributed by atoms with Crippen molar-refractivity contribution >= 4 is 5.97 Å². The summed E-state index contributed by atoms with van der Waals surface area (Å²) in [6.45, 7) is 2.43. The van der Waals surface area contributed by atoms with Crippen LogP contribution in [0.4, 0.5) is 0 Å². The molecule has 0 spiro atoms. The average Bonchev–Trinajstić information content (AvgIpc) is 2.71. The summed E-state index contributed by atoms with van der Waals surface area (Å²) in [6, 6.07) is 3.32. The molecule has 0 saturated carbocycles. The first-order chi connectivity index (χ1) is 7.75. The highest BCUT2D eigenvalue weighted by Gasteiger charge is 2.07. The summed E-state index contributed by atoms with van der Waals surface area (Å²) >= 11 is 0. The van der Waals surface area contributed by atoms with Gasteiger partial charge in [-0.1, -0.05) is 0 Å². The molecular formula is C11H17NO4. The minimum Gasteiger partial charge on any atom is -0.477 e. The number of carboxylic acids is 1. The largest absolute Gasteiger partial charge is 0.477 e. The van der Waals surface area contributed by atoms with Gasteiger partial charge in [0.05, 0.1) is 13.2 Å². The highest BCUT2D eigenvalue weighted by Crippen LogP contribution is 2.03. The molecule has 1 aromatic heterocycles. The standard InChI is InChI=1S/C11H17NO4/c1-15-8-9-16-7-3-6-12-5-2-4-10(12)11(13)14/h2,4-5H,3,6-9H2,1H3,(H,13,14). The molecule has 5 nitrogen and oxygen atoms in total. The molecule has 0 aliphatic heterocycles. The lowest BCUT2D eigenvalue weighted by Crippen LogP contribution is -2.10. The Morgan fingerprint density at radius 1 is 1.44 bits per heavy atom. The molecule has 1 N–H and O–H groups in total. The van der Waals surface area contributed by atoms with Gasteiger partial charge in [0.2, 0.25) is 0 Å². The van der Waals surface area contributed by atoms with E-state index in [1.165, 1.54) is 0 Å². The van der Waals surface area contributed by atoms with Crippen LogP contribution in [0.15, 0.2) is 18.3 Å². The second-order valence-electron chi connectivity index (χ2n) is 3.35. The van der Waals surface area contributed by atoms with Gasteiger partial charge in [0.1, 0.15) is 5.69 Å². The number of aromatic nitrogens is 1. The van der Waals surface area contributed by atoms with Crippen molar-refractivity contribution in [2.45, 2.75) is 13.0 Å². The number of ether oxygens (including phenoxy) is 2. The summed E-state index contributed by atoms with van der Waals surface area (Å²) in [4.78, 5) is 10.8. The van der Waals surface area contributed by atoms with Crippen LogP contribution in [0.1, 0.15) is 16.9 Å². The molecule has 0 saturated heterocycles. The van der Waals surface area contributed by atoms with Gasteiger partial charge in [-0.15, -0.1) is 0 Å². The number of nitrogens with zero attached hydrogens (tertiary/aromatic N) is 1. The molecular weight excluding hydrogens is 210 g/mol. The molecule has 90 valence electrons. The Balaban J connectivity index is 2.21. The van der Waals surface area contributed by atoms with E-state index in [0.717, 1.165) is 6.42 Å². The van der Waals surface area contributed by atoms with Crippen molar-refractivity contribution in [1.82, 2.24) is 4.57 Å². The minimum atomic E-state index is -0.898. The second-order valence-corrected chi connectivity index (χ2v) is 3.35. The number of aryl methyl sites for hydroxylation is 1. The van der Waals surface area contributed by atoms with Gasteiger partial charge in [-0.05, 0) is 18.6 Å². The Hall–Kier alpha value is -1.33. The van der Waals surface area contributed by atoms with Gasteiger partial charge in [-0.2, -0.15) is 0 Å². The van der Waals surface area contributed by atoms with Crippen molar-refractivity contribution in [3.63, 3.8) is 0 Å². The molecule has 0 aromatic carbocycles. The van der Waals surface area contributed by atoms with E-state index in [9.17, 15) is 4.79 Å². The van der Waals surface area contributed by atoms with Gasteiger partial charge in [-0.3, -0.25) is 0 Å². The van der Waals surface area contributed by atoms with Crippen LogP contribution < -0.4 is 0 Å². The van der Waals surface area contributed by atoms with Crippen molar-refractivity contribution in [3.8, 4) is 0 Å². The summed E-state index contributed by atoms with van der Waals surface area (Å²) in [5.74, 6) is -0.898. The monoisotopic (exact) mass is 227 g/mol. The minimum absolute atomic E-state index is 0.317. The second kappa shape index (κ2) is 7.03. The van der Waals surface area contributed by atoms with Crippen molar-refractivity contribution in [3.05, 3.63) is 24.0 Å². The van der Waals surface area contributed by atoms with Crippen LogP contribution in [0.5, 0.6) is 0 Å². The SMILES string of the molecule is COCCOCCCn1cccc1C(=O)O. The number of hydrogen-bond acceptors (Lipinski definition) is 3. The summed E-state index contributed by atoms with van der Waals surface area (Å²) in [5.41, 5.74) is 0.317. The van der Waals surface area contributed by atoms with Gasteiger partial charge >= 0.3 is 5.97 Å². The number of methoxy groups -OCH3 is 1. The highest BCUT2D eigenvalue weighted by atomic mass is 16.5.